The van der Waals surface area contributed by atoms with E-state index in [1.165, 1.54) is 22.3 Å². The molecule has 0 spiro atoms. The maximum absolute atomic E-state index is 3.47. The molecule has 1 heterocycles. The Balaban J connectivity index is 1.59. The van der Waals surface area contributed by atoms with Crippen molar-refractivity contribution >= 4 is 0 Å². The molecule has 1 aliphatic heterocycles. The van der Waals surface area contributed by atoms with E-state index in [0.717, 1.165) is 32.6 Å². The van der Waals surface area contributed by atoms with Gasteiger partial charge in [-0.25, -0.2) is 0 Å². The van der Waals surface area contributed by atoms with Crippen LogP contribution in [0.1, 0.15) is 28.3 Å². The Hall–Kier alpha value is -2.42. The summed E-state index contributed by atoms with van der Waals surface area (Å²) in [5, 5.41) is 3.47. The topological polar surface area (TPSA) is 15.3 Å². The van der Waals surface area contributed by atoms with E-state index >= 15 is 0 Å². The zero-order valence-electron chi connectivity index (χ0n) is 15.1. The fourth-order valence-corrected chi connectivity index (χ4v) is 3.84. The van der Waals surface area contributed by atoms with Crippen LogP contribution in [-0.4, -0.2) is 31.1 Å². The molecule has 26 heavy (non-hydrogen) atoms. The molecule has 1 unspecified atom stereocenters. The highest BCUT2D eigenvalue weighted by atomic mass is 15.2. The van der Waals surface area contributed by atoms with Gasteiger partial charge in [0, 0.05) is 26.2 Å². The lowest BCUT2D eigenvalue weighted by Gasteiger charge is -2.35. The van der Waals surface area contributed by atoms with Crippen molar-refractivity contribution < 1.29 is 0 Å². The van der Waals surface area contributed by atoms with Gasteiger partial charge in [0.15, 0.2) is 0 Å². The summed E-state index contributed by atoms with van der Waals surface area (Å²) in [5.41, 5.74) is 5.49. The van der Waals surface area contributed by atoms with Gasteiger partial charge in [0.25, 0.3) is 0 Å². The third kappa shape index (κ3) is 4.04. The Morgan fingerprint density at radius 2 is 1.19 bits per heavy atom. The van der Waals surface area contributed by atoms with E-state index in [1.807, 2.05) is 0 Å². The zero-order chi connectivity index (χ0) is 17.6. The summed E-state index contributed by atoms with van der Waals surface area (Å²) >= 11 is 0. The van der Waals surface area contributed by atoms with E-state index in [1.54, 1.807) is 0 Å². The third-order valence-electron chi connectivity index (χ3n) is 5.18. The molecule has 3 aromatic rings. The first-order chi connectivity index (χ1) is 12.9. The van der Waals surface area contributed by atoms with E-state index in [-0.39, 0.29) is 0 Å². The molecule has 1 saturated heterocycles. The summed E-state index contributed by atoms with van der Waals surface area (Å²) in [5.74, 6) is 0. The number of nitrogens with zero attached hydrogens (tertiary/aromatic N) is 1. The van der Waals surface area contributed by atoms with Gasteiger partial charge >= 0.3 is 0 Å². The number of benzene rings is 3. The number of rotatable bonds is 5. The van der Waals surface area contributed by atoms with Crippen molar-refractivity contribution in [2.75, 3.05) is 26.2 Å². The Bertz CT molecular complexity index is 791. The standard InChI is InChI=1S/C24H26N2/c1-3-7-20(8-4-1)19-21-11-13-23(14-12-21)24(22-9-5-2-6-10-22)26-17-15-25-16-18-26/h1-14,24-25H,15-19H2. The van der Waals surface area contributed by atoms with Gasteiger partial charge in [-0.05, 0) is 28.7 Å². The predicted octanol–water partition coefficient (Wildman–Crippen LogP) is 4.27. The summed E-state index contributed by atoms with van der Waals surface area (Å²) in [6.07, 6.45) is 0.991. The summed E-state index contributed by atoms with van der Waals surface area (Å²) in [7, 11) is 0. The molecule has 4 rings (SSSR count). The van der Waals surface area contributed by atoms with Crippen molar-refractivity contribution in [2.24, 2.45) is 0 Å². The fraction of sp³-hybridized carbons (Fsp3) is 0.250. The van der Waals surface area contributed by atoms with Crippen LogP contribution < -0.4 is 5.32 Å². The largest absolute Gasteiger partial charge is 0.314 e. The maximum Gasteiger partial charge on any atom is 0.0602 e. The van der Waals surface area contributed by atoms with Crippen molar-refractivity contribution in [3.05, 3.63) is 107 Å². The average Bonchev–Trinajstić information content (AvgIpc) is 2.72. The number of piperazine rings is 1. The van der Waals surface area contributed by atoms with Gasteiger partial charge in [0.1, 0.15) is 0 Å². The van der Waals surface area contributed by atoms with Crippen LogP contribution in [0.15, 0.2) is 84.9 Å². The normalized spacial score (nSPS) is 16.3. The van der Waals surface area contributed by atoms with Gasteiger partial charge in [-0.2, -0.15) is 0 Å². The molecule has 0 aliphatic carbocycles. The molecule has 2 heteroatoms. The second-order valence-electron chi connectivity index (χ2n) is 7.00. The first-order valence-corrected chi connectivity index (χ1v) is 9.52. The van der Waals surface area contributed by atoms with Crippen LogP contribution >= 0.6 is 0 Å². The minimum absolute atomic E-state index is 0.337. The lowest BCUT2D eigenvalue weighted by molar-refractivity contribution is 0.198. The van der Waals surface area contributed by atoms with Gasteiger partial charge in [-0.1, -0.05) is 84.9 Å². The minimum atomic E-state index is 0.337. The highest BCUT2D eigenvalue weighted by Crippen LogP contribution is 2.29. The van der Waals surface area contributed by atoms with Gasteiger partial charge in [-0.3, -0.25) is 4.90 Å². The van der Waals surface area contributed by atoms with Crippen molar-refractivity contribution in [3.63, 3.8) is 0 Å². The highest BCUT2D eigenvalue weighted by Gasteiger charge is 2.23. The SMILES string of the molecule is c1ccc(Cc2ccc(C(c3ccccc3)N3CCNCC3)cc2)cc1. The second-order valence-corrected chi connectivity index (χ2v) is 7.00. The summed E-state index contributed by atoms with van der Waals surface area (Å²) in [4.78, 5) is 2.60. The molecule has 0 bridgehead atoms. The van der Waals surface area contributed by atoms with Gasteiger partial charge < -0.3 is 5.32 Å². The summed E-state index contributed by atoms with van der Waals surface area (Å²) in [6.45, 7) is 4.31. The third-order valence-corrected chi connectivity index (χ3v) is 5.18. The van der Waals surface area contributed by atoms with Crippen LogP contribution in [0.25, 0.3) is 0 Å². The van der Waals surface area contributed by atoms with Crippen LogP contribution in [0.3, 0.4) is 0 Å². The van der Waals surface area contributed by atoms with Crippen LogP contribution in [0.5, 0.6) is 0 Å². The maximum atomic E-state index is 3.47. The number of hydrogen-bond donors (Lipinski definition) is 1. The molecule has 1 atom stereocenters. The molecule has 0 radical (unpaired) electrons. The Kier molecular flexibility index (Phi) is 5.44. The molecule has 0 aromatic heterocycles. The van der Waals surface area contributed by atoms with Crippen molar-refractivity contribution in [1.82, 2.24) is 10.2 Å². The molecule has 2 nitrogen and oxygen atoms in total. The van der Waals surface area contributed by atoms with Crippen LogP contribution in [0.4, 0.5) is 0 Å². The minimum Gasteiger partial charge on any atom is -0.314 e. The van der Waals surface area contributed by atoms with Crippen LogP contribution in [0, 0.1) is 0 Å². The van der Waals surface area contributed by atoms with Crippen LogP contribution in [-0.2, 0) is 6.42 Å². The second kappa shape index (κ2) is 8.31. The van der Waals surface area contributed by atoms with E-state index in [0.29, 0.717) is 6.04 Å². The first kappa shape index (κ1) is 17.0. The molecular weight excluding hydrogens is 316 g/mol. The Morgan fingerprint density at radius 3 is 1.85 bits per heavy atom. The molecular formula is C24H26N2. The van der Waals surface area contributed by atoms with E-state index < -0.39 is 0 Å². The molecule has 1 aliphatic rings. The first-order valence-electron chi connectivity index (χ1n) is 9.52. The average molecular weight is 342 g/mol. The van der Waals surface area contributed by atoms with Gasteiger partial charge in [-0.15, -0.1) is 0 Å². The molecule has 0 saturated carbocycles. The smallest absolute Gasteiger partial charge is 0.0602 e. The van der Waals surface area contributed by atoms with Crippen molar-refractivity contribution in [2.45, 2.75) is 12.5 Å². The van der Waals surface area contributed by atoms with Gasteiger partial charge in [0.05, 0.1) is 6.04 Å². The van der Waals surface area contributed by atoms with E-state index in [4.69, 9.17) is 0 Å². The Morgan fingerprint density at radius 1 is 0.654 bits per heavy atom. The molecule has 0 amide bonds. The van der Waals surface area contributed by atoms with Gasteiger partial charge in [0.2, 0.25) is 0 Å². The number of nitrogens with one attached hydrogen (secondary N) is 1. The number of hydrogen-bond acceptors (Lipinski definition) is 2. The van der Waals surface area contributed by atoms with E-state index in [2.05, 4.69) is 95.1 Å². The molecule has 132 valence electrons. The lowest BCUT2D eigenvalue weighted by atomic mass is 9.94. The molecule has 1 fully saturated rings. The quantitative estimate of drug-likeness (QED) is 0.745. The molecule has 3 aromatic carbocycles. The summed E-state index contributed by atoms with van der Waals surface area (Å²) in [6, 6.07) is 31.1. The summed E-state index contributed by atoms with van der Waals surface area (Å²) < 4.78 is 0. The molecule has 1 N–H and O–H groups in total. The van der Waals surface area contributed by atoms with E-state index in [9.17, 15) is 0 Å². The van der Waals surface area contributed by atoms with Crippen molar-refractivity contribution in [1.29, 1.82) is 0 Å². The fourth-order valence-electron chi connectivity index (χ4n) is 3.84. The lowest BCUT2D eigenvalue weighted by Crippen LogP contribution is -2.45. The highest BCUT2D eigenvalue weighted by molar-refractivity contribution is 5.35. The Labute approximate surface area is 156 Å². The zero-order valence-corrected chi connectivity index (χ0v) is 15.1. The predicted molar refractivity (Wildman–Crippen MR) is 108 cm³/mol. The van der Waals surface area contributed by atoms with Crippen LogP contribution in [0.2, 0.25) is 0 Å². The van der Waals surface area contributed by atoms with Crippen molar-refractivity contribution in [3.8, 4) is 0 Å². The monoisotopic (exact) mass is 342 g/mol.